The number of carbonyl (C=O) groups is 1. The van der Waals surface area contributed by atoms with Crippen LogP contribution in [0.15, 0.2) is 18.5 Å². The first-order valence-electron chi connectivity index (χ1n) is 5.29. The summed E-state index contributed by atoms with van der Waals surface area (Å²) in [7, 11) is 1.76. The van der Waals surface area contributed by atoms with E-state index in [-0.39, 0.29) is 5.91 Å². The van der Waals surface area contributed by atoms with Crippen LogP contribution in [0.2, 0.25) is 0 Å². The van der Waals surface area contributed by atoms with Crippen molar-refractivity contribution in [3.8, 4) is 6.07 Å². The highest BCUT2D eigenvalue weighted by Gasteiger charge is 2.11. The minimum absolute atomic E-state index is 0.0851. The fourth-order valence-corrected chi connectivity index (χ4v) is 1.34. The van der Waals surface area contributed by atoms with E-state index in [2.05, 4.69) is 11.9 Å². The largest absolute Gasteiger partial charge is 0.342 e. The summed E-state index contributed by atoms with van der Waals surface area (Å²) in [6, 6.07) is 3.54. The monoisotopic (exact) mass is 217 g/mol. The lowest BCUT2D eigenvalue weighted by Gasteiger charge is -2.16. The molecule has 0 radical (unpaired) electrons. The molecule has 0 atom stereocenters. The number of rotatable bonds is 4. The molecule has 0 saturated heterocycles. The molecule has 0 aliphatic carbocycles. The van der Waals surface area contributed by atoms with Gasteiger partial charge >= 0.3 is 0 Å². The van der Waals surface area contributed by atoms with Crippen LogP contribution in [0.1, 0.15) is 35.7 Å². The van der Waals surface area contributed by atoms with Gasteiger partial charge in [-0.2, -0.15) is 5.26 Å². The Kier molecular flexibility index (Phi) is 4.46. The summed E-state index contributed by atoms with van der Waals surface area (Å²) < 4.78 is 0. The van der Waals surface area contributed by atoms with E-state index in [0.29, 0.717) is 11.1 Å². The Morgan fingerprint density at radius 3 is 2.94 bits per heavy atom. The fourth-order valence-electron chi connectivity index (χ4n) is 1.34. The number of nitriles is 1. The van der Waals surface area contributed by atoms with E-state index in [1.54, 1.807) is 18.0 Å². The molecular formula is C12H15N3O. The predicted molar refractivity (Wildman–Crippen MR) is 60.8 cm³/mol. The number of pyridine rings is 1. The van der Waals surface area contributed by atoms with E-state index in [1.165, 1.54) is 12.4 Å². The molecule has 4 heteroatoms. The average molecular weight is 217 g/mol. The summed E-state index contributed by atoms with van der Waals surface area (Å²) in [5.41, 5.74) is 0.882. The Morgan fingerprint density at radius 2 is 2.31 bits per heavy atom. The van der Waals surface area contributed by atoms with Gasteiger partial charge in [-0.25, -0.2) is 0 Å². The van der Waals surface area contributed by atoms with Crippen molar-refractivity contribution in [3.05, 3.63) is 29.6 Å². The maximum atomic E-state index is 11.9. The van der Waals surface area contributed by atoms with Crippen molar-refractivity contribution in [1.29, 1.82) is 5.26 Å². The van der Waals surface area contributed by atoms with Crippen LogP contribution in [0.3, 0.4) is 0 Å². The average Bonchev–Trinajstić information content (AvgIpc) is 2.35. The normalized spacial score (nSPS) is 9.56. The van der Waals surface area contributed by atoms with Crippen LogP contribution in [0, 0.1) is 11.3 Å². The molecule has 0 aromatic carbocycles. The maximum absolute atomic E-state index is 11.9. The van der Waals surface area contributed by atoms with Gasteiger partial charge in [0.2, 0.25) is 0 Å². The second kappa shape index (κ2) is 5.86. The molecule has 1 aromatic heterocycles. The third-order valence-electron chi connectivity index (χ3n) is 2.31. The molecular weight excluding hydrogens is 202 g/mol. The summed E-state index contributed by atoms with van der Waals surface area (Å²) in [5.74, 6) is -0.0851. The van der Waals surface area contributed by atoms with Crippen molar-refractivity contribution in [1.82, 2.24) is 9.88 Å². The molecule has 84 valence electrons. The summed E-state index contributed by atoms with van der Waals surface area (Å²) in [4.78, 5) is 17.4. The molecule has 16 heavy (non-hydrogen) atoms. The van der Waals surface area contributed by atoms with Crippen molar-refractivity contribution >= 4 is 5.91 Å². The van der Waals surface area contributed by atoms with Crippen LogP contribution in [-0.2, 0) is 0 Å². The summed E-state index contributed by atoms with van der Waals surface area (Å²) in [6.07, 6.45) is 4.97. The van der Waals surface area contributed by atoms with Crippen LogP contribution in [0.5, 0.6) is 0 Å². The maximum Gasteiger partial charge on any atom is 0.255 e. The van der Waals surface area contributed by atoms with E-state index in [0.717, 1.165) is 19.4 Å². The number of amides is 1. The van der Waals surface area contributed by atoms with Gasteiger partial charge in [-0.1, -0.05) is 13.3 Å². The molecule has 1 aromatic rings. The lowest BCUT2D eigenvalue weighted by atomic mass is 10.2. The number of hydrogen-bond donors (Lipinski definition) is 0. The molecule has 0 unspecified atom stereocenters. The zero-order valence-corrected chi connectivity index (χ0v) is 9.60. The van der Waals surface area contributed by atoms with Gasteiger partial charge in [-0.15, -0.1) is 0 Å². The molecule has 1 heterocycles. The topological polar surface area (TPSA) is 57.0 Å². The highest BCUT2D eigenvalue weighted by atomic mass is 16.2. The van der Waals surface area contributed by atoms with Crippen molar-refractivity contribution in [2.24, 2.45) is 0 Å². The molecule has 0 spiro atoms. The van der Waals surface area contributed by atoms with E-state index in [9.17, 15) is 4.79 Å². The summed E-state index contributed by atoms with van der Waals surface area (Å²) in [5, 5.41) is 8.71. The smallest absolute Gasteiger partial charge is 0.255 e. The fraction of sp³-hybridized carbons (Fsp3) is 0.417. The van der Waals surface area contributed by atoms with Gasteiger partial charge in [0.25, 0.3) is 5.91 Å². The van der Waals surface area contributed by atoms with E-state index >= 15 is 0 Å². The first-order chi connectivity index (χ1) is 7.69. The first kappa shape index (κ1) is 12.2. The van der Waals surface area contributed by atoms with Crippen molar-refractivity contribution < 1.29 is 4.79 Å². The highest BCUT2D eigenvalue weighted by molar-refractivity contribution is 5.94. The van der Waals surface area contributed by atoms with Gasteiger partial charge in [0.1, 0.15) is 6.07 Å². The lowest BCUT2D eigenvalue weighted by Crippen LogP contribution is -2.27. The summed E-state index contributed by atoms with van der Waals surface area (Å²) in [6.45, 7) is 2.81. The van der Waals surface area contributed by atoms with Crippen LogP contribution in [0.4, 0.5) is 0 Å². The highest BCUT2D eigenvalue weighted by Crippen LogP contribution is 2.05. The molecule has 0 aliphatic heterocycles. The third kappa shape index (κ3) is 3.06. The minimum Gasteiger partial charge on any atom is -0.342 e. The zero-order valence-electron chi connectivity index (χ0n) is 9.60. The molecule has 0 N–H and O–H groups in total. The van der Waals surface area contributed by atoms with Crippen LogP contribution in [-0.4, -0.2) is 29.4 Å². The number of unbranched alkanes of at least 4 members (excludes halogenated alkanes) is 1. The first-order valence-corrected chi connectivity index (χ1v) is 5.29. The van der Waals surface area contributed by atoms with Gasteiger partial charge in [0.05, 0.1) is 11.1 Å². The minimum atomic E-state index is -0.0851. The Labute approximate surface area is 95.5 Å². The standard InChI is InChI=1S/C12H15N3O/c1-3-4-5-15(2)12(16)11-6-10(7-13)8-14-9-11/h6,8-9H,3-5H2,1-2H3. The number of carbonyl (C=O) groups excluding carboxylic acids is 1. The van der Waals surface area contributed by atoms with Gasteiger partial charge in [-0.3, -0.25) is 9.78 Å². The second-order valence-electron chi connectivity index (χ2n) is 3.65. The lowest BCUT2D eigenvalue weighted by molar-refractivity contribution is 0.0793. The second-order valence-corrected chi connectivity index (χ2v) is 3.65. The molecule has 0 aliphatic rings. The molecule has 4 nitrogen and oxygen atoms in total. The molecule has 1 amide bonds. The molecule has 0 saturated carbocycles. The van der Waals surface area contributed by atoms with Gasteiger partial charge in [0.15, 0.2) is 0 Å². The van der Waals surface area contributed by atoms with Crippen LogP contribution >= 0.6 is 0 Å². The molecule has 1 rings (SSSR count). The van der Waals surface area contributed by atoms with E-state index in [4.69, 9.17) is 5.26 Å². The zero-order chi connectivity index (χ0) is 12.0. The van der Waals surface area contributed by atoms with E-state index in [1.807, 2.05) is 6.07 Å². The van der Waals surface area contributed by atoms with Gasteiger partial charge in [-0.05, 0) is 12.5 Å². The Hall–Kier alpha value is -1.89. The SMILES string of the molecule is CCCCN(C)C(=O)c1cncc(C#N)c1. The van der Waals surface area contributed by atoms with Crippen LogP contribution in [0.25, 0.3) is 0 Å². The Morgan fingerprint density at radius 1 is 1.56 bits per heavy atom. The molecule has 0 fully saturated rings. The number of aromatic nitrogens is 1. The number of nitrogens with zero attached hydrogens (tertiary/aromatic N) is 3. The Bertz CT molecular complexity index is 409. The third-order valence-corrected chi connectivity index (χ3v) is 2.31. The quantitative estimate of drug-likeness (QED) is 0.773. The summed E-state index contributed by atoms with van der Waals surface area (Å²) >= 11 is 0. The number of hydrogen-bond acceptors (Lipinski definition) is 3. The van der Waals surface area contributed by atoms with Crippen molar-refractivity contribution in [2.45, 2.75) is 19.8 Å². The van der Waals surface area contributed by atoms with Gasteiger partial charge < -0.3 is 4.90 Å². The van der Waals surface area contributed by atoms with Gasteiger partial charge in [0, 0.05) is 26.0 Å². The predicted octanol–water partition coefficient (Wildman–Crippen LogP) is 1.83. The van der Waals surface area contributed by atoms with E-state index < -0.39 is 0 Å². The van der Waals surface area contributed by atoms with Crippen molar-refractivity contribution in [3.63, 3.8) is 0 Å². The van der Waals surface area contributed by atoms with Crippen LogP contribution < -0.4 is 0 Å². The molecule has 0 bridgehead atoms. The Balaban J connectivity index is 2.76. The van der Waals surface area contributed by atoms with Crippen molar-refractivity contribution in [2.75, 3.05) is 13.6 Å².